The number of carbonyl (C=O) groups is 3. The molecular formula is C13H13NO5. The maximum atomic E-state index is 11.7. The molecule has 0 radical (unpaired) electrons. The van der Waals surface area contributed by atoms with Gasteiger partial charge in [0.25, 0.3) is 0 Å². The Labute approximate surface area is 109 Å². The van der Waals surface area contributed by atoms with Crippen molar-refractivity contribution in [1.29, 1.82) is 0 Å². The van der Waals surface area contributed by atoms with Gasteiger partial charge in [-0.1, -0.05) is 0 Å². The number of ether oxygens (including phenoxy) is 1. The van der Waals surface area contributed by atoms with E-state index in [4.69, 9.17) is 9.84 Å². The zero-order chi connectivity index (χ0) is 14.2. The van der Waals surface area contributed by atoms with E-state index in [1.165, 1.54) is 26.0 Å². The number of rotatable bonds is 3. The third-order valence-electron chi connectivity index (χ3n) is 3.01. The molecule has 1 aromatic rings. The molecule has 1 saturated heterocycles. The first kappa shape index (κ1) is 13.1. The van der Waals surface area contributed by atoms with Gasteiger partial charge in [0.15, 0.2) is 11.8 Å². The van der Waals surface area contributed by atoms with Crippen molar-refractivity contribution >= 4 is 23.5 Å². The van der Waals surface area contributed by atoms with E-state index >= 15 is 0 Å². The number of cyclic esters (lactones) is 1. The van der Waals surface area contributed by atoms with Gasteiger partial charge in [-0.3, -0.25) is 9.69 Å². The molecule has 2 atom stereocenters. The Hall–Kier alpha value is -2.37. The lowest BCUT2D eigenvalue weighted by Gasteiger charge is -2.19. The zero-order valence-electron chi connectivity index (χ0n) is 10.5. The van der Waals surface area contributed by atoms with Crippen molar-refractivity contribution in [3.8, 4) is 0 Å². The van der Waals surface area contributed by atoms with Gasteiger partial charge in [0.2, 0.25) is 0 Å². The highest BCUT2D eigenvalue weighted by Gasteiger charge is 2.44. The van der Waals surface area contributed by atoms with Gasteiger partial charge in [0.1, 0.15) is 6.10 Å². The number of nitrogens with zero attached hydrogens (tertiary/aromatic N) is 1. The van der Waals surface area contributed by atoms with Crippen molar-refractivity contribution in [1.82, 2.24) is 0 Å². The van der Waals surface area contributed by atoms with E-state index in [2.05, 4.69) is 0 Å². The summed E-state index contributed by atoms with van der Waals surface area (Å²) in [5, 5.41) is 9.15. The van der Waals surface area contributed by atoms with Crippen molar-refractivity contribution < 1.29 is 24.2 Å². The number of carboxylic acids is 1. The molecule has 0 spiro atoms. The highest BCUT2D eigenvalue weighted by molar-refractivity contribution is 5.99. The number of Topliss-reactive ketones (excluding diaryl/α,β-unsaturated/α-hetero) is 1. The molecule has 0 bridgehead atoms. The van der Waals surface area contributed by atoms with Crippen molar-refractivity contribution in [3.05, 3.63) is 29.8 Å². The number of anilines is 1. The number of hydrogen-bond donors (Lipinski definition) is 1. The monoisotopic (exact) mass is 263 g/mol. The SMILES string of the molecule is CC(=O)c1ccc(N2C(=O)OC(C)C2C(=O)O)cc1. The summed E-state index contributed by atoms with van der Waals surface area (Å²) < 4.78 is 4.92. The highest BCUT2D eigenvalue weighted by Crippen LogP contribution is 2.27. The van der Waals surface area contributed by atoms with Crippen molar-refractivity contribution in [3.63, 3.8) is 0 Å². The average Bonchev–Trinajstić information content (AvgIpc) is 2.64. The molecule has 2 unspecified atom stereocenters. The van der Waals surface area contributed by atoms with Crippen LogP contribution in [0.5, 0.6) is 0 Å². The fraction of sp³-hybridized carbons (Fsp3) is 0.308. The number of aliphatic carboxylic acids is 1. The minimum absolute atomic E-state index is 0.0984. The second-order valence-electron chi connectivity index (χ2n) is 4.35. The highest BCUT2D eigenvalue weighted by atomic mass is 16.6. The van der Waals surface area contributed by atoms with Crippen molar-refractivity contribution in [2.45, 2.75) is 26.0 Å². The lowest BCUT2D eigenvalue weighted by Crippen LogP contribution is -2.42. The summed E-state index contributed by atoms with van der Waals surface area (Å²) in [7, 11) is 0. The van der Waals surface area contributed by atoms with E-state index in [1.54, 1.807) is 12.1 Å². The largest absolute Gasteiger partial charge is 0.480 e. The Balaban J connectivity index is 2.36. The van der Waals surface area contributed by atoms with Gasteiger partial charge in [-0.05, 0) is 38.1 Å². The summed E-state index contributed by atoms with van der Waals surface area (Å²) in [5.74, 6) is -1.23. The Morgan fingerprint density at radius 2 is 1.84 bits per heavy atom. The van der Waals surface area contributed by atoms with Crippen molar-refractivity contribution in [2.75, 3.05) is 4.90 Å². The van der Waals surface area contributed by atoms with Gasteiger partial charge in [0, 0.05) is 11.3 Å². The first-order chi connectivity index (χ1) is 8.91. The van der Waals surface area contributed by atoms with Crippen LogP contribution in [0.1, 0.15) is 24.2 Å². The lowest BCUT2D eigenvalue weighted by molar-refractivity contribution is -0.139. The number of amides is 1. The van der Waals surface area contributed by atoms with Gasteiger partial charge < -0.3 is 9.84 Å². The quantitative estimate of drug-likeness (QED) is 0.839. The van der Waals surface area contributed by atoms with Crippen LogP contribution in [-0.4, -0.2) is 35.1 Å². The van der Waals surface area contributed by atoms with Gasteiger partial charge in [0.05, 0.1) is 0 Å². The summed E-state index contributed by atoms with van der Waals surface area (Å²) in [5.41, 5.74) is 0.892. The molecule has 2 rings (SSSR count). The summed E-state index contributed by atoms with van der Waals surface area (Å²) in [6.45, 7) is 2.96. The maximum absolute atomic E-state index is 11.7. The van der Waals surface area contributed by atoms with Crippen LogP contribution in [-0.2, 0) is 9.53 Å². The summed E-state index contributed by atoms with van der Waals surface area (Å²) in [4.78, 5) is 35.1. The van der Waals surface area contributed by atoms with Crippen molar-refractivity contribution in [2.24, 2.45) is 0 Å². The number of ketones is 1. The van der Waals surface area contributed by atoms with E-state index in [0.29, 0.717) is 11.3 Å². The van der Waals surface area contributed by atoms with Gasteiger partial charge in [-0.25, -0.2) is 9.59 Å². The third-order valence-corrected chi connectivity index (χ3v) is 3.01. The Morgan fingerprint density at radius 1 is 1.26 bits per heavy atom. The summed E-state index contributed by atoms with van der Waals surface area (Å²) in [6, 6.07) is 5.10. The van der Waals surface area contributed by atoms with Crippen LogP contribution in [0, 0.1) is 0 Å². The lowest BCUT2D eigenvalue weighted by atomic mass is 10.1. The van der Waals surface area contributed by atoms with Crippen LogP contribution in [0.15, 0.2) is 24.3 Å². The molecule has 1 heterocycles. The second-order valence-corrected chi connectivity index (χ2v) is 4.35. The molecule has 0 aliphatic carbocycles. The summed E-state index contributed by atoms with van der Waals surface area (Å²) >= 11 is 0. The molecule has 19 heavy (non-hydrogen) atoms. The molecule has 100 valence electrons. The molecule has 1 amide bonds. The fourth-order valence-electron chi connectivity index (χ4n) is 2.04. The Bertz CT molecular complexity index is 536. The molecule has 1 aliphatic heterocycles. The minimum Gasteiger partial charge on any atom is -0.480 e. The number of carboxylic acid groups (broad SMARTS) is 1. The fourth-order valence-corrected chi connectivity index (χ4v) is 2.04. The number of benzene rings is 1. The van der Waals surface area contributed by atoms with Gasteiger partial charge in [-0.15, -0.1) is 0 Å². The van der Waals surface area contributed by atoms with Crippen LogP contribution < -0.4 is 4.90 Å². The molecule has 1 aromatic carbocycles. The van der Waals surface area contributed by atoms with E-state index in [9.17, 15) is 14.4 Å². The molecule has 1 aliphatic rings. The molecule has 0 aromatic heterocycles. The molecular weight excluding hydrogens is 250 g/mol. The first-order valence-electron chi connectivity index (χ1n) is 5.75. The molecule has 1 fully saturated rings. The summed E-state index contributed by atoms with van der Waals surface area (Å²) in [6.07, 6.45) is -1.42. The van der Waals surface area contributed by atoms with Crippen LogP contribution in [0.4, 0.5) is 10.5 Å². The van der Waals surface area contributed by atoms with E-state index in [1.807, 2.05) is 0 Å². The molecule has 6 nitrogen and oxygen atoms in total. The minimum atomic E-state index is -1.13. The predicted molar refractivity (Wildman–Crippen MR) is 66.3 cm³/mol. The first-order valence-corrected chi connectivity index (χ1v) is 5.75. The smallest absolute Gasteiger partial charge is 0.415 e. The third kappa shape index (κ3) is 2.29. The molecule has 1 N–H and O–H groups in total. The topological polar surface area (TPSA) is 83.9 Å². The average molecular weight is 263 g/mol. The predicted octanol–water partition coefficient (Wildman–Crippen LogP) is 1.69. The Kier molecular flexibility index (Phi) is 3.25. The second kappa shape index (κ2) is 4.72. The number of hydrogen-bond acceptors (Lipinski definition) is 4. The van der Waals surface area contributed by atoms with Crippen LogP contribution in [0.2, 0.25) is 0 Å². The van der Waals surface area contributed by atoms with Crippen LogP contribution >= 0.6 is 0 Å². The van der Waals surface area contributed by atoms with E-state index < -0.39 is 24.2 Å². The number of carbonyl (C=O) groups excluding carboxylic acids is 2. The maximum Gasteiger partial charge on any atom is 0.415 e. The molecule has 6 heteroatoms. The van der Waals surface area contributed by atoms with Gasteiger partial charge in [-0.2, -0.15) is 0 Å². The van der Waals surface area contributed by atoms with Crippen LogP contribution in [0.3, 0.4) is 0 Å². The van der Waals surface area contributed by atoms with E-state index in [-0.39, 0.29) is 5.78 Å². The van der Waals surface area contributed by atoms with Crippen LogP contribution in [0.25, 0.3) is 0 Å². The van der Waals surface area contributed by atoms with Gasteiger partial charge >= 0.3 is 12.1 Å². The van der Waals surface area contributed by atoms with E-state index in [0.717, 1.165) is 4.90 Å². The zero-order valence-corrected chi connectivity index (χ0v) is 10.5. The molecule has 0 saturated carbocycles. The Morgan fingerprint density at radius 3 is 2.32 bits per heavy atom. The standard InChI is InChI=1S/C13H13NO5/c1-7(15)9-3-5-10(6-4-9)14-11(12(16)17)8(2)19-13(14)18/h3-6,8,11H,1-2H3,(H,16,17). The normalized spacial score (nSPS) is 22.2.